The largest absolute Gasteiger partial charge is 0.416 e. The van der Waals surface area contributed by atoms with Gasteiger partial charge in [0.25, 0.3) is 0 Å². The lowest BCUT2D eigenvalue weighted by Crippen LogP contribution is -2.51. The lowest BCUT2D eigenvalue weighted by Gasteiger charge is -2.25. The topological polar surface area (TPSA) is 41.1 Å². The Kier molecular flexibility index (Phi) is 4.81. The summed E-state index contributed by atoms with van der Waals surface area (Å²) in [6, 6.07) is 4.46. The van der Waals surface area contributed by atoms with E-state index in [1.54, 1.807) is 33.9 Å². The molecule has 112 valence electrons. The summed E-state index contributed by atoms with van der Waals surface area (Å²) >= 11 is 0. The molecule has 1 amide bonds. The highest BCUT2D eigenvalue weighted by molar-refractivity contribution is 5.85. The van der Waals surface area contributed by atoms with Crippen LogP contribution in [0.2, 0.25) is 0 Å². The fourth-order valence-corrected chi connectivity index (χ4v) is 1.56. The lowest BCUT2D eigenvalue weighted by molar-refractivity contribution is -0.137. The van der Waals surface area contributed by atoms with E-state index in [4.69, 9.17) is 0 Å². The zero-order valence-corrected chi connectivity index (χ0v) is 11.9. The molecule has 0 aromatic heterocycles. The third kappa shape index (κ3) is 3.96. The first-order valence-corrected chi connectivity index (χ1v) is 6.25. The van der Waals surface area contributed by atoms with E-state index >= 15 is 0 Å². The van der Waals surface area contributed by atoms with Crippen LogP contribution in [0.15, 0.2) is 24.3 Å². The molecule has 0 aliphatic rings. The Balaban J connectivity index is 2.89. The Morgan fingerprint density at radius 1 is 1.25 bits per heavy atom. The van der Waals surface area contributed by atoms with Gasteiger partial charge in [0, 0.05) is 0 Å². The van der Waals surface area contributed by atoms with Gasteiger partial charge < -0.3 is 10.6 Å². The van der Waals surface area contributed by atoms with Gasteiger partial charge in [-0.15, -0.1) is 0 Å². The van der Waals surface area contributed by atoms with Crippen LogP contribution in [0.5, 0.6) is 0 Å². The number of likely N-dealkylation sites (N-methyl/N-ethyl adjacent to an activating group) is 1. The van der Waals surface area contributed by atoms with Gasteiger partial charge in [-0.1, -0.05) is 12.1 Å². The van der Waals surface area contributed by atoms with E-state index < -0.39 is 23.3 Å². The number of alkyl halides is 3. The average Bonchev–Trinajstić information content (AvgIpc) is 2.37. The molecule has 0 aliphatic heterocycles. The van der Waals surface area contributed by atoms with Gasteiger partial charge >= 0.3 is 6.18 Å². The maximum absolute atomic E-state index is 12.6. The zero-order chi connectivity index (χ0) is 15.6. The summed E-state index contributed by atoms with van der Waals surface area (Å²) in [6.07, 6.45) is -4.38. The second-order valence-electron chi connectivity index (χ2n) is 5.19. The summed E-state index contributed by atoms with van der Waals surface area (Å²) in [5, 5.41) is 5.54. The molecule has 3 nitrogen and oxygen atoms in total. The molecule has 1 rings (SSSR count). The molecule has 6 heteroatoms. The Hall–Kier alpha value is -1.56. The predicted octanol–water partition coefficient (Wildman–Crippen LogP) is 2.88. The minimum absolute atomic E-state index is 0.273. The van der Waals surface area contributed by atoms with E-state index in [1.807, 2.05) is 0 Å². The normalized spacial score (nSPS) is 13.9. The Bertz CT molecular complexity index is 484. The monoisotopic (exact) mass is 288 g/mol. The highest BCUT2D eigenvalue weighted by atomic mass is 19.4. The van der Waals surface area contributed by atoms with Crippen molar-refractivity contribution >= 4 is 5.91 Å². The van der Waals surface area contributed by atoms with Crippen LogP contribution < -0.4 is 10.6 Å². The quantitative estimate of drug-likeness (QED) is 0.894. The Morgan fingerprint density at radius 3 is 2.35 bits per heavy atom. The van der Waals surface area contributed by atoms with E-state index in [-0.39, 0.29) is 5.91 Å². The standard InChI is InChI=1S/C14H19F3N2O/c1-9(19-12(20)13(2,3)18-4)10-6-5-7-11(8-10)14(15,16)17/h5-9,18H,1-4H3,(H,19,20). The van der Waals surface area contributed by atoms with Crippen molar-refractivity contribution in [3.63, 3.8) is 0 Å². The summed E-state index contributed by atoms with van der Waals surface area (Å²) in [5.41, 5.74) is -1.08. The molecule has 1 aromatic carbocycles. The van der Waals surface area contributed by atoms with Gasteiger partial charge in [0.2, 0.25) is 5.91 Å². The van der Waals surface area contributed by atoms with Crippen molar-refractivity contribution in [3.8, 4) is 0 Å². The van der Waals surface area contributed by atoms with Crippen molar-refractivity contribution in [2.75, 3.05) is 7.05 Å². The van der Waals surface area contributed by atoms with E-state index in [2.05, 4.69) is 10.6 Å². The molecule has 0 fully saturated rings. The molecule has 0 bridgehead atoms. The van der Waals surface area contributed by atoms with Gasteiger partial charge in [0.15, 0.2) is 0 Å². The molecule has 1 atom stereocenters. The van der Waals surface area contributed by atoms with Gasteiger partial charge in [-0.3, -0.25) is 4.79 Å². The fraction of sp³-hybridized carbons (Fsp3) is 0.500. The van der Waals surface area contributed by atoms with Gasteiger partial charge in [-0.25, -0.2) is 0 Å². The minimum Gasteiger partial charge on any atom is -0.348 e. The number of halogens is 3. The molecule has 0 spiro atoms. The van der Waals surface area contributed by atoms with Crippen molar-refractivity contribution in [2.24, 2.45) is 0 Å². The molecular weight excluding hydrogens is 269 g/mol. The lowest BCUT2D eigenvalue weighted by atomic mass is 10.0. The summed E-state index contributed by atoms with van der Waals surface area (Å²) in [5.74, 6) is -0.273. The number of hydrogen-bond acceptors (Lipinski definition) is 2. The number of nitrogens with one attached hydrogen (secondary N) is 2. The average molecular weight is 288 g/mol. The SMILES string of the molecule is CNC(C)(C)C(=O)NC(C)c1cccc(C(F)(F)F)c1. The number of rotatable bonds is 4. The molecule has 0 aliphatic carbocycles. The van der Waals surface area contributed by atoms with Crippen LogP contribution in [0, 0.1) is 0 Å². The highest BCUT2D eigenvalue weighted by Crippen LogP contribution is 2.30. The van der Waals surface area contributed by atoms with Crippen molar-refractivity contribution in [2.45, 2.75) is 38.5 Å². The van der Waals surface area contributed by atoms with Crippen LogP contribution in [0.3, 0.4) is 0 Å². The van der Waals surface area contributed by atoms with Gasteiger partial charge in [-0.2, -0.15) is 13.2 Å². The molecule has 1 aromatic rings. The third-order valence-electron chi connectivity index (χ3n) is 3.25. The van der Waals surface area contributed by atoms with E-state index in [0.717, 1.165) is 12.1 Å². The van der Waals surface area contributed by atoms with Crippen LogP contribution in [0.25, 0.3) is 0 Å². The second-order valence-corrected chi connectivity index (χ2v) is 5.19. The van der Waals surface area contributed by atoms with Crippen LogP contribution >= 0.6 is 0 Å². The number of carbonyl (C=O) groups excluding carboxylic acids is 1. The fourth-order valence-electron chi connectivity index (χ4n) is 1.56. The zero-order valence-electron chi connectivity index (χ0n) is 11.9. The van der Waals surface area contributed by atoms with E-state index in [0.29, 0.717) is 5.56 Å². The van der Waals surface area contributed by atoms with Crippen molar-refractivity contribution in [3.05, 3.63) is 35.4 Å². The third-order valence-corrected chi connectivity index (χ3v) is 3.25. The molecular formula is C14H19F3N2O. The van der Waals surface area contributed by atoms with E-state index in [9.17, 15) is 18.0 Å². The van der Waals surface area contributed by atoms with Crippen LogP contribution in [-0.2, 0) is 11.0 Å². The molecule has 0 radical (unpaired) electrons. The van der Waals surface area contributed by atoms with Crippen molar-refractivity contribution in [1.82, 2.24) is 10.6 Å². The van der Waals surface area contributed by atoms with Crippen molar-refractivity contribution < 1.29 is 18.0 Å². The first-order valence-electron chi connectivity index (χ1n) is 6.25. The Labute approximate surface area is 116 Å². The summed E-state index contributed by atoms with van der Waals surface area (Å²) < 4.78 is 37.9. The van der Waals surface area contributed by atoms with Crippen molar-refractivity contribution in [1.29, 1.82) is 0 Å². The number of amides is 1. The second kappa shape index (κ2) is 5.83. The van der Waals surface area contributed by atoms with Gasteiger partial charge in [0.1, 0.15) is 0 Å². The van der Waals surface area contributed by atoms with Crippen LogP contribution in [0.4, 0.5) is 13.2 Å². The minimum atomic E-state index is -4.38. The van der Waals surface area contributed by atoms with Crippen LogP contribution in [-0.4, -0.2) is 18.5 Å². The smallest absolute Gasteiger partial charge is 0.348 e. The first-order chi connectivity index (χ1) is 9.08. The predicted molar refractivity (Wildman–Crippen MR) is 71.1 cm³/mol. The van der Waals surface area contributed by atoms with Gasteiger partial charge in [0.05, 0.1) is 17.1 Å². The molecule has 2 N–H and O–H groups in total. The van der Waals surface area contributed by atoms with E-state index in [1.165, 1.54) is 6.07 Å². The maximum Gasteiger partial charge on any atom is 0.416 e. The summed E-state index contributed by atoms with van der Waals surface area (Å²) in [6.45, 7) is 5.04. The number of carbonyl (C=O) groups is 1. The summed E-state index contributed by atoms with van der Waals surface area (Å²) in [4.78, 5) is 12.0. The number of hydrogen-bond donors (Lipinski definition) is 2. The molecule has 0 heterocycles. The highest BCUT2D eigenvalue weighted by Gasteiger charge is 2.31. The first kappa shape index (κ1) is 16.5. The maximum atomic E-state index is 12.6. The Morgan fingerprint density at radius 2 is 1.85 bits per heavy atom. The number of benzene rings is 1. The molecule has 20 heavy (non-hydrogen) atoms. The van der Waals surface area contributed by atoms with Gasteiger partial charge in [-0.05, 0) is 45.5 Å². The molecule has 1 unspecified atom stereocenters. The molecule has 0 saturated heterocycles. The van der Waals surface area contributed by atoms with Crippen LogP contribution in [0.1, 0.15) is 37.9 Å². The summed E-state index contributed by atoms with van der Waals surface area (Å²) in [7, 11) is 1.65. The molecule has 0 saturated carbocycles.